The molecule has 11 heavy (non-hydrogen) atoms. The molecule has 60 valence electrons. The average Bonchev–Trinajstić information content (AvgIpc) is 2.68. The van der Waals surface area contributed by atoms with Crippen molar-refractivity contribution in [1.29, 1.82) is 0 Å². The van der Waals surface area contributed by atoms with Gasteiger partial charge in [-0.3, -0.25) is 0 Å². The second kappa shape index (κ2) is 2.59. The van der Waals surface area contributed by atoms with Crippen LogP contribution in [-0.2, 0) is 0 Å². The Bertz CT molecular complexity index is 231. The molecule has 1 aliphatic carbocycles. The van der Waals surface area contributed by atoms with Gasteiger partial charge in [0.1, 0.15) is 0 Å². The smallest absolute Gasteiger partial charge is 0.0958 e. The number of aromatic nitrogens is 1. The molecule has 0 atom stereocenters. The van der Waals surface area contributed by atoms with Gasteiger partial charge in [0.2, 0.25) is 0 Å². The molecule has 1 aliphatic rings. The standard InChI is InChI=1S/C9H13NS/c1-6(2)8-5-10-9(11-8)7-3-4-7/h5-7H,3-4H2,1-2H3. The zero-order valence-corrected chi connectivity index (χ0v) is 7.82. The van der Waals surface area contributed by atoms with Gasteiger partial charge in [-0.05, 0) is 18.8 Å². The van der Waals surface area contributed by atoms with Crippen LogP contribution < -0.4 is 0 Å². The molecule has 1 nitrogen and oxygen atoms in total. The van der Waals surface area contributed by atoms with E-state index in [0.717, 1.165) is 5.92 Å². The second-order valence-corrected chi connectivity index (χ2v) is 4.62. The molecule has 0 aromatic carbocycles. The Balaban J connectivity index is 2.18. The highest BCUT2D eigenvalue weighted by atomic mass is 32.1. The number of hydrogen-bond acceptors (Lipinski definition) is 2. The maximum atomic E-state index is 4.42. The van der Waals surface area contributed by atoms with Crippen LogP contribution in [0.15, 0.2) is 6.20 Å². The molecule has 0 amide bonds. The molecule has 1 aromatic rings. The molecule has 1 fully saturated rings. The molecule has 0 unspecified atom stereocenters. The molecular weight excluding hydrogens is 154 g/mol. The van der Waals surface area contributed by atoms with Crippen LogP contribution in [0.4, 0.5) is 0 Å². The largest absolute Gasteiger partial charge is 0.249 e. The molecular formula is C9H13NS. The second-order valence-electron chi connectivity index (χ2n) is 3.53. The lowest BCUT2D eigenvalue weighted by Crippen LogP contribution is -1.77. The third-order valence-electron chi connectivity index (χ3n) is 2.04. The average molecular weight is 167 g/mol. The first-order chi connectivity index (χ1) is 5.27. The van der Waals surface area contributed by atoms with E-state index in [1.807, 2.05) is 17.5 Å². The maximum absolute atomic E-state index is 4.42. The Morgan fingerprint density at radius 2 is 2.27 bits per heavy atom. The summed E-state index contributed by atoms with van der Waals surface area (Å²) in [6, 6.07) is 0. The molecule has 1 heterocycles. The fourth-order valence-electron chi connectivity index (χ4n) is 1.09. The van der Waals surface area contributed by atoms with Gasteiger partial charge in [0, 0.05) is 17.0 Å². The number of thiazole rings is 1. The first-order valence-electron chi connectivity index (χ1n) is 4.23. The van der Waals surface area contributed by atoms with Crippen molar-refractivity contribution in [1.82, 2.24) is 4.98 Å². The Morgan fingerprint density at radius 1 is 1.55 bits per heavy atom. The molecule has 0 bridgehead atoms. The summed E-state index contributed by atoms with van der Waals surface area (Å²) in [5.74, 6) is 1.48. The van der Waals surface area contributed by atoms with E-state index >= 15 is 0 Å². The predicted molar refractivity (Wildman–Crippen MR) is 48.2 cm³/mol. The maximum Gasteiger partial charge on any atom is 0.0958 e. The zero-order valence-electron chi connectivity index (χ0n) is 7.00. The highest BCUT2D eigenvalue weighted by Crippen LogP contribution is 2.42. The summed E-state index contributed by atoms with van der Waals surface area (Å²) in [5, 5.41) is 1.37. The van der Waals surface area contributed by atoms with Crippen LogP contribution in [0.25, 0.3) is 0 Å². The van der Waals surface area contributed by atoms with E-state index in [9.17, 15) is 0 Å². The van der Waals surface area contributed by atoms with E-state index in [2.05, 4.69) is 18.8 Å². The van der Waals surface area contributed by atoms with Gasteiger partial charge in [-0.1, -0.05) is 13.8 Å². The highest BCUT2D eigenvalue weighted by molar-refractivity contribution is 7.11. The van der Waals surface area contributed by atoms with E-state index in [1.165, 1.54) is 22.7 Å². The third-order valence-corrected chi connectivity index (χ3v) is 3.50. The lowest BCUT2D eigenvalue weighted by Gasteiger charge is -1.95. The number of nitrogens with zero attached hydrogens (tertiary/aromatic N) is 1. The van der Waals surface area contributed by atoms with Gasteiger partial charge in [0.05, 0.1) is 5.01 Å². The van der Waals surface area contributed by atoms with Gasteiger partial charge in [0.15, 0.2) is 0 Å². The minimum Gasteiger partial charge on any atom is -0.249 e. The molecule has 0 N–H and O–H groups in total. The lowest BCUT2D eigenvalue weighted by molar-refractivity contribution is 0.885. The molecule has 0 saturated heterocycles. The molecule has 1 aromatic heterocycles. The van der Waals surface area contributed by atoms with E-state index in [0.29, 0.717) is 5.92 Å². The SMILES string of the molecule is CC(C)c1cnc(C2CC2)s1. The molecule has 2 rings (SSSR count). The van der Waals surface area contributed by atoms with Crippen LogP contribution in [0.1, 0.15) is 48.4 Å². The summed E-state index contributed by atoms with van der Waals surface area (Å²) < 4.78 is 0. The van der Waals surface area contributed by atoms with Crippen molar-refractivity contribution in [3.05, 3.63) is 16.1 Å². The number of hydrogen-bond donors (Lipinski definition) is 0. The Hall–Kier alpha value is -0.370. The molecule has 0 aliphatic heterocycles. The van der Waals surface area contributed by atoms with Crippen molar-refractivity contribution in [3.63, 3.8) is 0 Å². The quantitative estimate of drug-likeness (QED) is 0.659. The normalized spacial score (nSPS) is 17.7. The summed E-state index contributed by atoms with van der Waals surface area (Å²) in [4.78, 5) is 5.85. The minimum absolute atomic E-state index is 0.653. The Labute approximate surface area is 71.5 Å². The van der Waals surface area contributed by atoms with Crippen LogP contribution in [-0.4, -0.2) is 4.98 Å². The fourth-order valence-corrected chi connectivity index (χ4v) is 2.18. The first kappa shape index (κ1) is 7.29. The van der Waals surface area contributed by atoms with Crippen LogP contribution >= 0.6 is 11.3 Å². The minimum atomic E-state index is 0.653. The molecule has 0 radical (unpaired) electrons. The Kier molecular flexibility index (Phi) is 1.72. The highest BCUT2D eigenvalue weighted by Gasteiger charge is 2.26. The van der Waals surface area contributed by atoms with Crippen molar-refractivity contribution in [2.75, 3.05) is 0 Å². The zero-order chi connectivity index (χ0) is 7.84. The lowest BCUT2D eigenvalue weighted by atomic mass is 10.2. The summed E-state index contributed by atoms with van der Waals surface area (Å²) in [6.07, 6.45) is 4.78. The van der Waals surface area contributed by atoms with Gasteiger partial charge in [-0.25, -0.2) is 4.98 Å². The monoisotopic (exact) mass is 167 g/mol. The van der Waals surface area contributed by atoms with Gasteiger partial charge in [0.25, 0.3) is 0 Å². The van der Waals surface area contributed by atoms with Gasteiger partial charge in [-0.15, -0.1) is 11.3 Å². The van der Waals surface area contributed by atoms with E-state index < -0.39 is 0 Å². The third kappa shape index (κ3) is 1.45. The van der Waals surface area contributed by atoms with E-state index in [1.54, 1.807) is 0 Å². The Morgan fingerprint density at radius 3 is 2.73 bits per heavy atom. The molecule has 2 heteroatoms. The van der Waals surface area contributed by atoms with Crippen LogP contribution in [0.3, 0.4) is 0 Å². The topological polar surface area (TPSA) is 12.9 Å². The summed E-state index contributed by atoms with van der Waals surface area (Å²) in [5.41, 5.74) is 0. The summed E-state index contributed by atoms with van der Waals surface area (Å²) >= 11 is 1.90. The molecule has 0 spiro atoms. The van der Waals surface area contributed by atoms with Crippen LogP contribution in [0.5, 0.6) is 0 Å². The van der Waals surface area contributed by atoms with Crippen LogP contribution in [0.2, 0.25) is 0 Å². The predicted octanol–water partition coefficient (Wildman–Crippen LogP) is 3.14. The summed E-state index contributed by atoms with van der Waals surface area (Å²) in [7, 11) is 0. The van der Waals surface area contributed by atoms with Gasteiger partial charge >= 0.3 is 0 Å². The van der Waals surface area contributed by atoms with E-state index in [4.69, 9.17) is 0 Å². The van der Waals surface area contributed by atoms with Crippen molar-refractivity contribution < 1.29 is 0 Å². The van der Waals surface area contributed by atoms with Crippen molar-refractivity contribution in [2.45, 2.75) is 38.5 Å². The fraction of sp³-hybridized carbons (Fsp3) is 0.667. The van der Waals surface area contributed by atoms with Gasteiger partial charge < -0.3 is 0 Å². The molecule has 1 saturated carbocycles. The summed E-state index contributed by atoms with van der Waals surface area (Å²) in [6.45, 7) is 4.45. The van der Waals surface area contributed by atoms with Crippen LogP contribution in [0, 0.1) is 0 Å². The first-order valence-corrected chi connectivity index (χ1v) is 5.04. The number of rotatable bonds is 2. The van der Waals surface area contributed by atoms with Crippen molar-refractivity contribution in [3.8, 4) is 0 Å². The van der Waals surface area contributed by atoms with Crippen molar-refractivity contribution >= 4 is 11.3 Å². The van der Waals surface area contributed by atoms with Gasteiger partial charge in [-0.2, -0.15) is 0 Å². The van der Waals surface area contributed by atoms with E-state index in [-0.39, 0.29) is 0 Å². The van der Waals surface area contributed by atoms with Crippen molar-refractivity contribution in [2.24, 2.45) is 0 Å².